The van der Waals surface area contributed by atoms with E-state index in [2.05, 4.69) is 58.0 Å². The average molecular weight is 396 g/mol. The Labute approximate surface area is 169 Å². The number of benzene rings is 1. The van der Waals surface area contributed by atoms with Crippen molar-refractivity contribution < 1.29 is 4.79 Å². The summed E-state index contributed by atoms with van der Waals surface area (Å²) in [6.45, 7) is 4.35. The van der Waals surface area contributed by atoms with Crippen LogP contribution in [-0.4, -0.2) is 36.1 Å². The largest absolute Gasteiger partial charge is 0.299 e. The number of rotatable bonds is 8. The molecular formula is C21H25N5OS. The molecular weight excluding hydrogens is 370 g/mol. The van der Waals surface area contributed by atoms with Gasteiger partial charge in [0.25, 0.3) is 0 Å². The molecule has 146 valence electrons. The minimum absolute atomic E-state index is 0.204. The number of aromatic nitrogens is 5. The minimum Gasteiger partial charge on any atom is -0.299 e. The normalized spacial score (nSPS) is 14.0. The minimum atomic E-state index is 0.204. The van der Waals surface area contributed by atoms with Gasteiger partial charge in [-0.1, -0.05) is 49.9 Å². The molecule has 0 atom stereocenters. The van der Waals surface area contributed by atoms with Gasteiger partial charge in [-0.25, -0.2) is 0 Å². The van der Waals surface area contributed by atoms with Gasteiger partial charge < -0.3 is 0 Å². The van der Waals surface area contributed by atoms with E-state index in [1.165, 1.54) is 17.3 Å². The lowest BCUT2D eigenvalue weighted by Gasteiger charge is -2.08. The molecule has 0 aliphatic heterocycles. The molecule has 28 heavy (non-hydrogen) atoms. The van der Waals surface area contributed by atoms with Gasteiger partial charge >= 0.3 is 0 Å². The lowest BCUT2D eigenvalue weighted by molar-refractivity contribution is -0.116. The maximum absolute atomic E-state index is 12.5. The summed E-state index contributed by atoms with van der Waals surface area (Å²) in [6, 6.07) is 8.79. The second-order valence-corrected chi connectivity index (χ2v) is 8.65. The fraction of sp³-hybridized carbons (Fsp3) is 0.429. The quantitative estimate of drug-likeness (QED) is 0.539. The van der Waals surface area contributed by atoms with Gasteiger partial charge in [-0.15, -0.1) is 10.2 Å². The molecule has 2 aromatic heterocycles. The number of hydrogen-bond donors (Lipinski definition) is 0. The third kappa shape index (κ3) is 4.19. The zero-order valence-electron chi connectivity index (χ0n) is 16.5. The fourth-order valence-corrected chi connectivity index (χ4v) is 4.08. The Bertz CT molecular complexity index is 969. The summed E-state index contributed by atoms with van der Waals surface area (Å²) in [5.41, 5.74) is 3.33. The Morgan fingerprint density at radius 1 is 1.21 bits per heavy atom. The molecule has 6 nitrogen and oxygen atoms in total. The Hall–Kier alpha value is -2.41. The van der Waals surface area contributed by atoms with Gasteiger partial charge in [-0.3, -0.25) is 14.0 Å². The van der Waals surface area contributed by atoms with Gasteiger partial charge in [0.05, 0.1) is 17.5 Å². The van der Waals surface area contributed by atoms with E-state index in [0.717, 1.165) is 34.9 Å². The van der Waals surface area contributed by atoms with Crippen LogP contribution in [0.15, 0.2) is 41.8 Å². The number of carbonyl (C=O) groups is 1. The lowest BCUT2D eigenvalue weighted by atomic mass is 10.0. The topological polar surface area (TPSA) is 65.6 Å². The van der Waals surface area contributed by atoms with Gasteiger partial charge in [-0.2, -0.15) is 5.10 Å². The molecule has 0 radical (unpaired) electrons. The molecule has 0 bridgehead atoms. The monoisotopic (exact) mass is 395 g/mol. The first-order chi connectivity index (χ1) is 13.5. The highest BCUT2D eigenvalue weighted by atomic mass is 32.2. The molecule has 0 amide bonds. The van der Waals surface area contributed by atoms with Crippen LogP contribution in [0, 0.1) is 0 Å². The van der Waals surface area contributed by atoms with Crippen LogP contribution in [0.3, 0.4) is 0 Å². The van der Waals surface area contributed by atoms with E-state index in [9.17, 15) is 4.79 Å². The summed E-state index contributed by atoms with van der Waals surface area (Å²) < 4.78 is 3.94. The number of carbonyl (C=O) groups excluding carboxylic acids is 1. The summed E-state index contributed by atoms with van der Waals surface area (Å²) >= 11 is 1.49. The highest BCUT2D eigenvalue weighted by molar-refractivity contribution is 7.99. The molecule has 1 saturated carbocycles. The van der Waals surface area contributed by atoms with Crippen LogP contribution in [0.25, 0.3) is 11.4 Å². The van der Waals surface area contributed by atoms with E-state index < -0.39 is 0 Å². The van der Waals surface area contributed by atoms with Gasteiger partial charge in [0.2, 0.25) is 0 Å². The van der Waals surface area contributed by atoms with Crippen LogP contribution in [0.5, 0.6) is 0 Å². The summed E-state index contributed by atoms with van der Waals surface area (Å²) in [4.78, 5) is 12.5. The number of ketones is 1. The second-order valence-electron chi connectivity index (χ2n) is 7.71. The van der Waals surface area contributed by atoms with Crippen LogP contribution in [0.2, 0.25) is 0 Å². The molecule has 7 heteroatoms. The van der Waals surface area contributed by atoms with Crippen molar-refractivity contribution in [2.24, 2.45) is 7.05 Å². The molecule has 1 aromatic carbocycles. The maximum Gasteiger partial charge on any atom is 0.192 e. The summed E-state index contributed by atoms with van der Waals surface area (Å²) in [5.74, 6) is 1.96. The van der Waals surface area contributed by atoms with Crippen LogP contribution in [-0.2, 0) is 18.3 Å². The van der Waals surface area contributed by atoms with E-state index in [-0.39, 0.29) is 5.78 Å². The first kappa shape index (κ1) is 18.9. The Kier molecular flexibility index (Phi) is 5.35. The zero-order valence-corrected chi connectivity index (χ0v) is 17.3. The second kappa shape index (κ2) is 7.91. The SMILES string of the molecule is CC(C)c1ccc(CC(=O)CSc2nnc(-c3cnn(C)c3)n2C2CC2)cc1. The number of Topliss-reactive ketones (excluding diaryl/α,β-unsaturated/α-hetero) is 1. The standard InChI is InChI=1S/C21H25N5OS/c1-14(2)16-6-4-15(5-7-16)10-19(27)13-28-21-24-23-20(26(21)18-8-9-18)17-11-22-25(3)12-17/h4-7,11-12,14,18H,8-10,13H2,1-3H3. The first-order valence-corrected chi connectivity index (χ1v) is 10.7. The van der Waals surface area contributed by atoms with Crippen molar-refractivity contribution in [3.63, 3.8) is 0 Å². The molecule has 1 aliphatic carbocycles. The number of thioether (sulfide) groups is 1. The fourth-order valence-electron chi connectivity index (χ4n) is 3.22. The highest BCUT2D eigenvalue weighted by Crippen LogP contribution is 2.41. The zero-order chi connectivity index (χ0) is 19.7. The van der Waals surface area contributed by atoms with E-state index in [1.54, 1.807) is 4.68 Å². The predicted molar refractivity (Wildman–Crippen MR) is 110 cm³/mol. The number of nitrogens with zero attached hydrogens (tertiary/aromatic N) is 5. The van der Waals surface area contributed by atoms with Crippen molar-refractivity contribution in [3.8, 4) is 11.4 Å². The van der Waals surface area contributed by atoms with Crippen molar-refractivity contribution in [1.82, 2.24) is 24.5 Å². The van der Waals surface area contributed by atoms with Crippen molar-refractivity contribution in [2.45, 2.75) is 50.2 Å². The summed E-state index contributed by atoms with van der Waals surface area (Å²) in [7, 11) is 1.89. The molecule has 2 heterocycles. The molecule has 0 saturated heterocycles. The maximum atomic E-state index is 12.5. The molecule has 0 spiro atoms. The van der Waals surface area contributed by atoms with Crippen molar-refractivity contribution >= 4 is 17.5 Å². The Morgan fingerprint density at radius 3 is 2.57 bits per heavy atom. The Balaban J connectivity index is 1.42. The highest BCUT2D eigenvalue weighted by Gasteiger charge is 2.30. The number of hydrogen-bond acceptors (Lipinski definition) is 5. The molecule has 1 aliphatic rings. The van der Waals surface area contributed by atoms with Gasteiger partial charge in [0, 0.05) is 25.7 Å². The average Bonchev–Trinajstić information content (AvgIpc) is 3.28. The van der Waals surface area contributed by atoms with Crippen molar-refractivity contribution in [2.75, 3.05) is 5.75 Å². The van der Waals surface area contributed by atoms with Crippen LogP contribution < -0.4 is 0 Å². The third-order valence-corrected chi connectivity index (χ3v) is 5.95. The van der Waals surface area contributed by atoms with E-state index >= 15 is 0 Å². The van der Waals surface area contributed by atoms with E-state index in [4.69, 9.17) is 0 Å². The first-order valence-electron chi connectivity index (χ1n) is 9.68. The smallest absolute Gasteiger partial charge is 0.192 e. The molecule has 0 N–H and O–H groups in total. The third-order valence-electron chi connectivity index (χ3n) is 4.95. The van der Waals surface area contributed by atoms with Crippen molar-refractivity contribution in [1.29, 1.82) is 0 Å². The number of aryl methyl sites for hydroxylation is 1. The van der Waals surface area contributed by atoms with Gasteiger partial charge in [0.1, 0.15) is 5.78 Å². The molecule has 4 rings (SSSR count). The van der Waals surface area contributed by atoms with Crippen LogP contribution in [0.4, 0.5) is 0 Å². The van der Waals surface area contributed by atoms with E-state index in [0.29, 0.717) is 24.1 Å². The van der Waals surface area contributed by atoms with Crippen LogP contribution in [0.1, 0.15) is 49.8 Å². The predicted octanol–water partition coefficient (Wildman–Crippen LogP) is 4.04. The molecule has 0 unspecified atom stereocenters. The van der Waals surface area contributed by atoms with E-state index in [1.807, 2.05) is 19.4 Å². The van der Waals surface area contributed by atoms with Gasteiger partial charge in [-0.05, 0) is 29.9 Å². The summed E-state index contributed by atoms with van der Waals surface area (Å²) in [6.07, 6.45) is 6.48. The Morgan fingerprint density at radius 2 is 1.96 bits per heavy atom. The molecule has 3 aromatic rings. The van der Waals surface area contributed by atoms with Crippen LogP contribution >= 0.6 is 11.8 Å². The lowest BCUT2D eigenvalue weighted by Crippen LogP contribution is -2.07. The molecule has 1 fully saturated rings. The van der Waals surface area contributed by atoms with Gasteiger partial charge in [0.15, 0.2) is 11.0 Å². The van der Waals surface area contributed by atoms with Crippen molar-refractivity contribution in [3.05, 3.63) is 47.8 Å². The summed E-state index contributed by atoms with van der Waals surface area (Å²) in [5, 5.41) is 13.8.